The van der Waals surface area contributed by atoms with Crippen LogP contribution in [0.15, 0.2) is 48.7 Å². The first-order chi connectivity index (χ1) is 15.0. The van der Waals surface area contributed by atoms with Crippen LogP contribution in [0.3, 0.4) is 0 Å². The van der Waals surface area contributed by atoms with Gasteiger partial charge in [0.05, 0.1) is 6.04 Å². The molecule has 1 fully saturated rings. The van der Waals surface area contributed by atoms with E-state index >= 15 is 0 Å². The molecule has 168 valence electrons. The van der Waals surface area contributed by atoms with Gasteiger partial charge < -0.3 is 23.8 Å². The molecule has 1 aliphatic rings. The van der Waals surface area contributed by atoms with Gasteiger partial charge in [0.1, 0.15) is 25.9 Å². The van der Waals surface area contributed by atoms with E-state index in [1.165, 1.54) is 0 Å². The highest BCUT2D eigenvalue weighted by Gasteiger charge is 2.61. The standard InChI is InChI=1S/C24H32N2O5/c1-18(2)12-22-24(31-17-29-4,23(27)26(22)16-28-3)14-20-13-21(10-11-25-20)30-15-19-8-6-5-7-9-19/h5-11,13,18,22H,12,14-17H2,1-4H3. The van der Waals surface area contributed by atoms with Gasteiger partial charge in [0.2, 0.25) is 0 Å². The number of pyridine rings is 1. The molecule has 1 saturated heterocycles. The molecule has 2 heterocycles. The van der Waals surface area contributed by atoms with Gasteiger partial charge in [-0.1, -0.05) is 44.2 Å². The first-order valence-electron chi connectivity index (χ1n) is 10.5. The van der Waals surface area contributed by atoms with Crippen LogP contribution in [-0.4, -0.2) is 55.2 Å². The van der Waals surface area contributed by atoms with Crippen LogP contribution < -0.4 is 4.74 Å². The fraction of sp³-hybridized carbons (Fsp3) is 0.500. The highest BCUT2D eigenvalue weighted by molar-refractivity contribution is 5.93. The number of nitrogens with zero attached hydrogens (tertiary/aromatic N) is 2. The minimum Gasteiger partial charge on any atom is -0.489 e. The lowest BCUT2D eigenvalue weighted by Crippen LogP contribution is -2.76. The molecule has 2 aromatic rings. The predicted octanol–water partition coefficient (Wildman–Crippen LogP) is 3.42. The Labute approximate surface area is 184 Å². The third kappa shape index (κ3) is 5.42. The number of hydrogen-bond acceptors (Lipinski definition) is 6. The van der Waals surface area contributed by atoms with E-state index in [4.69, 9.17) is 18.9 Å². The van der Waals surface area contributed by atoms with Crippen molar-refractivity contribution in [3.05, 3.63) is 59.9 Å². The van der Waals surface area contributed by atoms with E-state index in [9.17, 15) is 4.79 Å². The molecular formula is C24H32N2O5. The lowest BCUT2D eigenvalue weighted by atomic mass is 9.75. The normalized spacial score (nSPS) is 20.7. The Balaban J connectivity index is 1.79. The Hall–Kier alpha value is -2.48. The van der Waals surface area contributed by atoms with Gasteiger partial charge in [-0.3, -0.25) is 9.78 Å². The van der Waals surface area contributed by atoms with Crippen LogP contribution in [-0.2, 0) is 32.0 Å². The Morgan fingerprint density at radius 1 is 1.13 bits per heavy atom. The van der Waals surface area contributed by atoms with Gasteiger partial charge in [0, 0.05) is 38.6 Å². The van der Waals surface area contributed by atoms with E-state index in [1.54, 1.807) is 25.3 Å². The summed E-state index contributed by atoms with van der Waals surface area (Å²) in [5.41, 5.74) is 0.798. The molecule has 0 spiro atoms. The zero-order chi connectivity index (χ0) is 22.3. The lowest BCUT2D eigenvalue weighted by Gasteiger charge is -2.55. The molecule has 7 heteroatoms. The van der Waals surface area contributed by atoms with Gasteiger partial charge in [0.25, 0.3) is 5.91 Å². The number of β-lactam (4-membered cyclic amide) rings is 1. The Bertz CT molecular complexity index is 845. The second kappa shape index (κ2) is 10.7. The molecule has 1 amide bonds. The predicted molar refractivity (Wildman–Crippen MR) is 116 cm³/mol. The second-order valence-electron chi connectivity index (χ2n) is 8.21. The van der Waals surface area contributed by atoms with Crippen molar-refractivity contribution in [3.63, 3.8) is 0 Å². The van der Waals surface area contributed by atoms with Crippen LogP contribution >= 0.6 is 0 Å². The molecule has 2 atom stereocenters. The molecular weight excluding hydrogens is 396 g/mol. The molecule has 1 aliphatic heterocycles. The maximum Gasteiger partial charge on any atom is 0.259 e. The third-order valence-corrected chi connectivity index (χ3v) is 5.41. The first kappa shape index (κ1) is 23.2. The van der Waals surface area contributed by atoms with E-state index in [-0.39, 0.29) is 25.5 Å². The molecule has 1 aromatic carbocycles. The van der Waals surface area contributed by atoms with Crippen LogP contribution in [0, 0.1) is 5.92 Å². The third-order valence-electron chi connectivity index (χ3n) is 5.41. The first-order valence-corrected chi connectivity index (χ1v) is 10.5. The fourth-order valence-corrected chi connectivity index (χ4v) is 3.98. The maximum atomic E-state index is 13.2. The summed E-state index contributed by atoms with van der Waals surface area (Å²) in [7, 11) is 3.14. The number of carbonyl (C=O) groups excluding carboxylic acids is 1. The summed E-state index contributed by atoms with van der Waals surface area (Å²) in [6.45, 7) is 5.00. The van der Waals surface area contributed by atoms with Gasteiger partial charge in [-0.25, -0.2) is 0 Å². The fourth-order valence-electron chi connectivity index (χ4n) is 3.98. The molecule has 7 nitrogen and oxygen atoms in total. The van der Waals surface area contributed by atoms with E-state index in [1.807, 2.05) is 42.5 Å². The van der Waals surface area contributed by atoms with Crippen molar-refractivity contribution in [2.75, 3.05) is 27.7 Å². The summed E-state index contributed by atoms with van der Waals surface area (Å²) in [5.74, 6) is 0.989. The minimum absolute atomic E-state index is 0.0331. The quantitative estimate of drug-likeness (QED) is 0.381. The van der Waals surface area contributed by atoms with E-state index in [2.05, 4.69) is 18.8 Å². The summed E-state index contributed by atoms with van der Waals surface area (Å²) in [5, 5.41) is 0. The van der Waals surface area contributed by atoms with Gasteiger partial charge in [-0.2, -0.15) is 0 Å². The van der Waals surface area contributed by atoms with Gasteiger partial charge in [0.15, 0.2) is 5.60 Å². The number of ether oxygens (including phenoxy) is 4. The summed E-state index contributed by atoms with van der Waals surface area (Å²) in [6.07, 6.45) is 2.84. The van der Waals surface area contributed by atoms with Crippen LogP contribution in [0.4, 0.5) is 0 Å². The largest absolute Gasteiger partial charge is 0.489 e. The highest BCUT2D eigenvalue weighted by Crippen LogP contribution is 2.41. The van der Waals surface area contributed by atoms with Crippen molar-refractivity contribution in [2.45, 2.75) is 44.9 Å². The van der Waals surface area contributed by atoms with Crippen LogP contribution in [0.1, 0.15) is 31.5 Å². The number of hydrogen-bond donors (Lipinski definition) is 0. The van der Waals surface area contributed by atoms with Gasteiger partial charge in [-0.15, -0.1) is 0 Å². The van der Waals surface area contributed by atoms with E-state index in [0.717, 1.165) is 17.7 Å². The van der Waals surface area contributed by atoms with Crippen molar-refractivity contribution in [1.82, 2.24) is 9.88 Å². The number of likely N-dealkylation sites (tertiary alicyclic amines) is 1. The Morgan fingerprint density at radius 3 is 2.58 bits per heavy atom. The maximum absolute atomic E-state index is 13.2. The van der Waals surface area contributed by atoms with Crippen LogP contribution in [0.2, 0.25) is 0 Å². The second-order valence-corrected chi connectivity index (χ2v) is 8.21. The number of carbonyl (C=O) groups is 1. The monoisotopic (exact) mass is 428 g/mol. The van der Waals surface area contributed by atoms with Gasteiger partial charge in [-0.05, 0) is 24.0 Å². The summed E-state index contributed by atoms with van der Waals surface area (Å²) >= 11 is 0. The topological polar surface area (TPSA) is 70.1 Å². The van der Waals surface area contributed by atoms with Crippen LogP contribution in [0.5, 0.6) is 5.75 Å². The smallest absolute Gasteiger partial charge is 0.259 e. The van der Waals surface area contributed by atoms with Crippen molar-refractivity contribution in [2.24, 2.45) is 5.92 Å². The molecule has 0 N–H and O–H groups in total. The number of aromatic nitrogens is 1. The zero-order valence-corrected chi connectivity index (χ0v) is 18.7. The summed E-state index contributed by atoms with van der Waals surface area (Å²) in [4.78, 5) is 19.4. The SMILES string of the molecule is COCOC1(Cc2cc(OCc3ccccc3)ccn2)C(=O)N(COC)C1CC(C)C. The van der Waals surface area contributed by atoms with Crippen molar-refractivity contribution < 1.29 is 23.7 Å². The van der Waals surface area contributed by atoms with Crippen molar-refractivity contribution in [3.8, 4) is 5.75 Å². The molecule has 31 heavy (non-hydrogen) atoms. The highest BCUT2D eigenvalue weighted by atomic mass is 16.7. The summed E-state index contributed by atoms with van der Waals surface area (Å²) in [6, 6.07) is 13.6. The Kier molecular flexibility index (Phi) is 8.01. The lowest BCUT2D eigenvalue weighted by molar-refractivity contribution is -0.235. The zero-order valence-electron chi connectivity index (χ0n) is 18.7. The van der Waals surface area contributed by atoms with Crippen LogP contribution in [0.25, 0.3) is 0 Å². The molecule has 0 bridgehead atoms. The average Bonchev–Trinajstić information content (AvgIpc) is 2.78. The van der Waals surface area contributed by atoms with Gasteiger partial charge >= 0.3 is 0 Å². The molecule has 0 aliphatic carbocycles. The number of amides is 1. The molecule has 3 rings (SSSR count). The van der Waals surface area contributed by atoms with Crippen molar-refractivity contribution in [1.29, 1.82) is 0 Å². The number of benzene rings is 1. The summed E-state index contributed by atoms with van der Waals surface area (Å²) < 4.78 is 22.4. The Morgan fingerprint density at radius 2 is 1.90 bits per heavy atom. The van der Waals surface area contributed by atoms with E-state index < -0.39 is 5.60 Å². The van der Waals surface area contributed by atoms with E-state index in [0.29, 0.717) is 24.7 Å². The molecule has 0 saturated carbocycles. The van der Waals surface area contributed by atoms with Crippen molar-refractivity contribution >= 4 is 5.91 Å². The number of methoxy groups -OCH3 is 2. The molecule has 0 radical (unpaired) electrons. The minimum atomic E-state index is -1.02. The average molecular weight is 429 g/mol. The molecule has 1 aromatic heterocycles. The number of rotatable bonds is 12. The molecule has 2 unspecified atom stereocenters.